The van der Waals surface area contributed by atoms with Crippen LogP contribution in [0.2, 0.25) is 5.02 Å². The van der Waals surface area contributed by atoms with Crippen LogP contribution in [0.3, 0.4) is 0 Å². The van der Waals surface area contributed by atoms with Gasteiger partial charge in [-0.3, -0.25) is 0 Å². The van der Waals surface area contributed by atoms with Crippen LogP contribution < -0.4 is 11.1 Å². The van der Waals surface area contributed by atoms with Gasteiger partial charge in [-0.25, -0.2) is 9.18 Å². The zero-order valence-electron chi connectivity index (χ0n) is 7.55. The first-order valence-corrected chi connectivity index (χ1v) is 4.39. The zero-order valence-corrected chi connectivity index (χ0v) is 8.31. The zero-order chi connectivity index (χ0) is 10.7. The van der Waals surface area contributed by atoms with Crippen LogP contribution in [0.5, 0.6) is 0 Å². The number of hydrogen-bond acceptors (Lipinski definition) is 1. The van der Waals surface area contributed by atoms with Crippen molar-refractivity contribution in [2.24, 2.45) is 5.73 Å². The third-order valence-electron chi connectivity index (χ3n) is 1.80. The average Bonchev–Trinajstić information content (AvgIpc) is 2.08. The van der Waals surface area contributed by atoms with Crippen LogP contribution in [-0.2, 0) is 0 Å². The van der Waals surface area contributed by atoms with Crippen molar-refractivity contribution in [3.8, 4) is 0 Å². The van der Waals surface area contributed by atoms with Crippen LogP contribution in [0.25, 0.3) is 0 Å². The number of nitrogens with one attached hydrogen (secondary N) is 1. The first-order valence-electron chi connectivity index (χ1n) is 4.01. The number of halogens is 2. The molecule has 0 bridgehead atoms. The second-order valence-electron chi connectivity index (χ2n) is 2.90. The molecule has 1 aromatic rings. The summed E-state index contributed by atoms with van der Waals surface area (Å²) < 4.78 is 12.8. The van der Waals surface area contributed by atoms with E-state index in [9.17, 15) is 9.18 Å². The Kier molecular flexibility index (Phi) is 3.30. The molecule has 0 aliphatic heterocycles. The van der Waals surface area contributed by atoms with Crippen LogP contribution >= 0.6 is 11.6 Å². The molecule has 1 unspecified atom stereocenters. The van der Waals surface area contributed by atoms with E-state index in [1.54, 1.807) is 13.0 Å². The Morgan fingerprint density at radius 2 is 2.29 bits per heavy atom. The van der Waals surface area contributed by atoms with Gasteiger partial charge in [0.15, 0.2) is 0 Å². The van der Waals surface area contributed by atoms with E-state index in [4.69, 9.17) is 17.3 Å². The first kappa shape index (κ1) is 10.8. The molecule has 14 heavy (non-hydrogen) atoms. The predicted octanol–water partition coefficient (Wildman–Crippen LogP) is 2.21. The van der Waals surface area contributed by atoms with Gasteiger partial charge in [0.1, 0.15) is 5.82 Å². The van der Waals surface area contributed by atoms with E-state index in [-0.39, 0.29) is 11.1 Å². The van der Waals surface area contributed by atoms with Crippen molar-refractivity contribution in [3.05, 3.63) is 34.6 Å². The highest BCUT2D eigenvalue weighted by molar-refractivity contribution is 6.30. The van der Waals surface area contributed by atoms with Gasteiger partial charge in [-0.15, -0.1) is 0 Å². The summed E-state index contributed by atoms with van der Waals surface area (Å²) in [6.07, 6.45) is 0. The van der Waals surface area contributed by atoms with E-state index in [2.05, 4.69) is 5.32 Å². The molecular formula is C9H10ClFN2O. The number of carbonyl (C=O) groups excluding carboxylic acids is 1. The quantitative estimate of drug-likeness (QED) is 0.783. The maximum atomic E-state index is 12.8. The lowest BCUT2D eigenvalue weighted by Gasteiger charge is -2.12. The van der Waals surface area contributed by atoms with Gasteiger partial charge >= 0.3 is 6.03 Å². The fourth-order valence-electron chi connectivity index (χ4n) is 1.08. The number of carbonyl (C=O) groups is 1. The van der Waals surface area contributed by atoms with Crippen LogP contribution in [0.4, 0.5) is 9.18 Å². The number of amides is 2. The minimum atomic E-state index is -0.627. The Hall–Kier alpha value is -1.29. The third-order valence-corrected chi connectivity index (χ3v) is 2.09. The summed E-state index contributed by atoms with van der Waals surface area (Å²) in [6.45, 7) is 1.73. The van der Waals surface area contributed by atoms with Crippen LogP contribution in [0.1, 0.15) is 18.5 Å². The van der Waals surface area contributed by atoms with Gasteiger partial charge < -0.3 is 11.1 Å². The second-order valence-corrected chi connectivity index (χ2v) is 3.31. The number of hydrogen-bond donors (Lipinski definition) is 2. The molecule has 1 rings (SSSR count). The number of benzene rings is 1. The molecule has 0 radical (unpaired) electrons. The van der Waals surface area contributed by atoms with Gasteiger partial charge in [0.05, 0.1) is 11.1 Å². The van der Waals surface area contributed by atoms with E-state index < -0.39 is 11.8 Å². The molecule has 1 atom stereocenters. The Morgan fingerprint density at radius 3 is 2.79 bits per heavy atom. The van der Waals surface area contributed by atoms with Gasteiger partial charge in [-0.2, -0.15) is 0 Å². The van der Waals surface area contributed by atoms with Crippen molar-refractivity contribution in [1.82, 2.24) is 5.32 Å². The molecule has 0 aromatic heterocycles. The molecule has 5 heteroatoms. The summed E-state index contributed by atoms with van der Waals surface area (Å²) in [5.74, 6) is -0.485. The fourth-order valence-corrected chi connectivity index (χ4v) is 1.27. The number of nitrogens with two attached hydrogens (primary N) is 1. The molecule has 1 aromatic carbocycles. The molecule has 0 fully saturated rings. The van der Waals surface area contributed by atoms with Crippen molar-refractivity contribution < 1.29 is 9.18 Å². The summed E-state index contributed by atoms with van der Waals surface area (Å²) in [5.41, 5.74) is 5.65. The topological polar surface area (TPSA) is 55.1 Å². The van der Waals surface area contributed by atoms with Crippen LogP contribution in [0.15, 0.2) is 18.2 Å². The minimum absolute atomic E-state index is 0.0284. The molecule has 0 saturated heterocycles. The lowest BCUT2D eigenvalue weighted by Crippen LogP contribution is -2.31. The lowest BCUT2D eigenvalue weighted by molar-refractivity contribution is 0.246. The van der Waals surface area contributed by atoms with Gasteiger partial charge in [0, 0.05) is 0 Å². The maximum absolute atomic E-state index is 12.8. The molecular weight excluding hydrogens is 207 g/mol. The fraction of sp³-hybridized carbons (Fsp3) is 0.222. The Balaban J connectivity index is 2.85. The molecule has 0 heterocycles. The van der Waals surface area contributed by atoms with Crippen molar-refractivity contribution in [2.75, 3.05) is 0 Å². The molecule has 0 spiro atoms. The van der Waals surface area contributed by atoms with Crippen LogP contribution in [0, 0.1) is 5.82 Å². The molecule has 76 valence electrons. The summed E-state index contributed by atoms with van der Waals surface area (Å²) in [4.78, 5) is 10.5. The van der Waals surface area contributed by atoms with E-state index in [0.717, 1.165) is 0 Å². The largest absolute Gasteiger partial charge is 0.352 e. The van der Waals surface area contributed by atoms with E-state index in [1.165, 1.54) is 12.1 Å². The number of rotatable bonds is 2. The monoisotopic (exact) mass is 216 g/mol. The van der Waals surface area contributed by atoms with E-state index >= 15 is 0 Å². The van der Waals surface area contributed by atoms with E-state index in [1.807, 2.05) is 0 Å². The molecule has 0 aliphatic carbocycles. The van der Waals surface area contributed by atoms with Gasteiger partial charge in [0.25, 0.3) is 0 Å². The Bertz CT molecular complexity index is 357. The van der Waals surface area contributed by atoms with Gasteiger partial charge in [-0.05, 0) is 24.6 Å². The second kappa shape index (κ2) is 4.28. The summed E-state index contributed by atoms with van der Waals surface area (Å²) in [5, 5.41) is 2.49. The normalized spacial score (nSPS) is 12.2. The molecule has 0 saturated carbocycles. The predicted molar refractivity (Wildman–Crippen MR) is 52.5 cm³/mol. The van der Waals surface area contributed by atoms with Gasteiger partial charge in [-0.1, -0.05) is 17.7 Å². The number of primary amides is 1. The van der Waals surface area contributed by atoms with Crippen molar-refractivity contribution in [3.63, 3.8) is 0 Å². The van der Waals surface area contributed by atoms with Crippen LogP contribution in [-0.4, -0.2) is 6.03 Å². The van der Waals surface area contributed by atoms with Crippen molar-refractivity contribution in [2.45, 2.75) is 13.0 Å². The lowest BCUT2D eigenvalue weighted by atomic mass is 10.1. The highest BCUT2D eigenvalue weighted by atomic mass is 35.5. The highest BCUT2D eigenvalue weighted by Crippen LogP contribution is 2.20. The SMILES string of the molecule is CC(NC(N)=O)c1ccc(F)c(Cl)c1. The molecule has 3 N–H and O–H groups in total. The maximum Gasteiger partial charge on any atom is 0.312 e. The average molecular weight is 217 g/mol. The smallest absolute Gasteiger partial charge is 0.312 e. The van der Waals surface area contributed by atoms with E-state index in [0.29, 0.717) is 5.56 Å². The molecule has 3 nitrogen and oxygen atoms in total. The first-order chi connectivity index (χ1) is 6.50. The molecule has 2 amide bonds. The minimum Gasteiger partial charge on any atom is -0.352 e. The Morgan fingerprint density at radius 1 is 1.64 bits per heavy atom. The van der Waals surface area contributed by atoms with Crippen molar-refractivity contribution >= 4 is 17.6 Å². The third kappa shape index (κ3) is 2.60. The number of urea groups is 1. The summed E-state index contributed by atoms with van der Waals surface area (Å²) in [6, 6.07) is 3.33. The summed E-state index contributed by atoms with van der Waals surface area (Å²) >= 11 is 5.58. The summed E-state index contributed by atoms with van der Waals surface area (Å²) in [7, 11) is 0. The van der Waals surface area contributed by atoms with Gasteiger partial charge in [0.2, 0.25) is 0 Å². The Labute approximate surface area is 86.0 Å². The standard InChI is InChI=1S/C9H10ClFN2O/c1-5(13-9(12)14)6-2-3-8(11)7(10)4-6/h2-5H,1H3,(H3,12,13,14). The highest BCUT2D eigenvalue weighted by Gasteiger charge is 2.08. The molecule has 0 aliphatic rings. The van der Waals surface area contributed by atoms with Crippen molar-refractivity contribution in [1.29, 1.82) is 0 Å².